The van der Waals surface area contributed by atoms with E-state index in [1.165, 1.54) is 13.2 Å². The molecule has 1 amide bonds. The van der Waals surface area contributed by atoms with Crippen LogP contribution in [-0.2, 0) is 4.79 Å². The molecule has 0 bridgehead atoms. The van der Waals surface area contributed by atoms with E-state index >= 15 is 0 Å². The van der Waals surface area contributed by atoms with Crippen LogP contribution in [0.4, 0.5) is 4.39 Å². The van der Waals surface area contributed by atoms with Crippen LogP contribution >= 0.6 is 0 Å². The molecular weight excluding hydrogens is 271 g/mol. The van der Waals surface area contributed by atoms with Gasteiger partial charge in [-0.2, -0.15) is 0 Å². The quantitative estimate of drug-likeness (QED) is 0.813. The number of hydrogen-bond acceptors (Lipinski definition) is 3. The Kier molecular flexibility index (Phi) is 6.62. The van der Waals surface area contributed by atoms with Gasteiger partial charge in [0, 0.05) is 13.1 Å². The molecule has 2 atom stereocenters. The third-order valence-corrected chi connectivity index (χ3v) is 3.40. The number of methoxy groups -OCH3 is 1. The zero-order chi connectivity index (χ0) is 16.0. The molecule has 0 aromatic heterocycles. The van der Waals surface area contributed by atoms with Gasteiger partial charge in [0.15, 0.2) is 11.6 Å². The highest BCUT2D eigenvalue weighted by molar-refractivity contribution is 5.81. The van der Waals surface area contributed by atoms with E-state index in [1.807, 2.05) is 6.92 Å². The van der Waals surface area contributed by atoms with Gasteiger partial charge in [-0.1, -0.05) is 19.9 Å². The molecule has 1 aromatic rings. The number of amides is 1. The summed E-state index contributed by atoms with van der Waals surface area (Å²) in [6, 6.07) is 4.41. The lowest BCUT2D eigenvalue weighted by atomic mass is 10.0. The van der Waals surface area contributed by atoms with E-state index in [2.05, 4.69) is 24.5 Å². The Balaban J connectivity index is 2.83. The number of benzene rings is 1. The Bertz CT molecular complexity index is 477. The van der Waals surface area contributed by atoms with Crippen LogP contribution < -0.4 is 15.4 Å². The van der Waals surface area contributed by atoms with Gasteiger partial charge >= 0.3 is 0 Å². The predicted octanol–water partition coefficient (Wildman–Crippen LogP) is 2.65. The van der Waals surface area contributed by atoms with Gasteiger partial charge in [-0.05, 0) is 37.0 Å². The Morgan fingerprint density at radius 1 is 1.33 bits per heavy atom. The Labute approximate surface area is 126 Å². The van der Waals surface area contributed by atoms with Crippen molar-refractivity contribution < 1.29 is 13.9 Å². The molecule has 0 aliphatic heterocycles. The summed E-state index contributed by atoms with van der Waals surface area (Å²) in [6.45, 7) is 6.04. The van der Waals surface area contributed by atoms with Gasteiger partial charge in [0.1, 0.15) is 0 Å². The van der Waals surface area contributed by atoms with E-state index in [-0.39, 0.29) is 23.7 Å². The van der Waals surface area contributed by atoms with Crippen molar-refractivity contribution >= 4 is 5.91 Å². The molecular formula is C16H25FN2O2. The maximum atomic E-state index is 13.8. The van der Waals surface area contributed by atoms with Crippen molar-refractivity contribution in [3.05, 3.63) is 29.6 Å². The summed E-state index contributed by atoms with van der Waals surface area (Å²) >= 11 is 0. The van der Waals surface area contributed by atoms with E-state index in [1.54, 1.807) is 19.2 Å². The van der Waals surface area contributed by atoms with Crippen LogP contribution in [-0.4, -0.2) is 26.1 Å². The van der Waals surface area contributed by atoms with Crippen LogP contribution in [0.15, 0.2) is 18.2 Å². The topological polar surface area (TPSA) is 50.4 Å². The van der Waals surface area contributed by atoms with Crippen molar-refractivity contribution in [2.24, 2.45) is 5.92 Å². The van der Waals surface area contributed by atoms with Gasteiger partial charge in [-0.15, -0.1) is 0 Å². The molecule has 0 aliphatic carbocycles. The number of carbonyl (C=O) groups is 1. The van der Waals surface area contributed by atoms with Gasteiger partial charge in [0.2, 0.25) is 5.91 Å². The van der Waals surface area contributed by atoms with Crippen molar-refractivity contribution in [1.29, 1.82) is 0 Å². The fraction of sp³-hybridized carbons (Fsp3) is 0.562. The second-order valence-electron chi connectivity index (χ2n) is 5.58. The highest BCUT2D eigenvalue weighted by Crippen LogP contribution is 2.22. The number of carbonyl (C=O) groups excluding carboxylic acids is 1. The Morgan fingerprint density at radius 2 is 2.00 bits per heavy atom. The summed E-state index contributed by atoms with van der Waals surface area (Å²) in [6.07, 6.45) is 0.725. The smallest absolute Gasteiger partial charge is 0.236 e. The minimum atomic E-state index is -0.399. The third-order valence-electron chi connectivity index (χ3n) is 3.40. The van der Waals surface area contributed by atoms with Crippen LogP contribution in [0.2, 0.25) is 0 Å². The molecule has 0 spiro atoms. The predicted molar refractivity (Wildman–Crippen MR) is 81.8 cm³/mol. The molecule has 5 heteroatoms. The van der Waals surface area contributed by atoms with Gasteiger partial charge in [0.25, 0.3) is 0 Å². The van der Waals surface area contributed by atoms with Crippen molar-refractivity contribution in [2.45, 2.75) is 39.3 Å². The minimum absolute atomic E-state index is 0.0514. The number of rotatable bonds is 7. The summed E-state index contributed by atoms with van der Waals surface area (Å²) in [5, 5.41) is 5.92. The molecule has 1 rings (SSSR count). The fourth-order valence-electron chi connectivity index (χ4n) is 2.25. The minimum Gasteiger partial charge on any atom is -0.494 e. The van der Waals surface area contributed by atoms with E-state index in [0.29, 0.717) is 5.92 Å². The van der Waals surface area contributed by atoms with Gasteiger partial charge in [-0.3, -0.25) is 10.1 Å². The van der Waals surface area contributed by atoms with Crippen LogP contribution in [0, 0.1) is 11.7 Å². The molecule has 0 fully saturated rings. The Morgan fingerprint density at radius 3 is 2.48 bits per heavy atom. The van der Waals surface area contributed by atoms with E-state index in [9.17, 15) is 9.18 Å². The van der Waals surface area contributed by atoms with Crippen molar-refractivity contribution in [2.75, 3.05) is 14.2 Å². The molecule has 2 unspecified atom stereocenters. The molecule has 1 aromatic carbocycles. The fourth-order valence-corrected chi connectivity index (χ4v) is 2.25. The van der Waals surface area contributed by atoms with Crippen LogP contribution in [0.3, 0.4) is 0 Å². The van der Waals surface area contributed by atoms with E-state index in [4.69, 9.17) is 4.74 Å². The molecule has 4 nitrogen and oxygen atoms in total. The average molecular weight is 296 g/mol. The SMILES string of the molecule is CNC(=O)C(CC(C)C)NC(C)c1ccc(OC)c(F)c1. The summed E-state index contributed by atoms with van der Waals surface area (Å²) in [5.74, 6) is 0.157. The maximum absolute atomic E-state index is 13.8. The molecule has 0 heterocycles. The van der Waals surface area contributed by atoms with Gasteiger partial charge < -0.3 is 10.1 Å². The van der Waals surface area contributed by atoms with Gasteiger partial charge in [-0.25, -0.2) is 4.39 Å². The summed E-state index contributed by atoms with van der Waals surface area (Å²) in [4.78, 5) is 11.9. The largest absolute Gasteiger partial charge is 0.494 e. The summed E-state index contributed by atoms with van der Waals surface area (Å²) < 4.78 is 18.7. The highest BCUT2D eigenvalue weighted by atomic mass is 19.1. The lowest BCUT2D eigenvalue weighted by Gasteiger charge is -2.24. The first-order valence-corrected chi connectivity index (χ1v) is 7.20. The maximum Gasteiger partial charge on any atom is 0.236 e. The normalized spacial score (nSPS) is 13.9. The highest BCUT2D eigenvalue weighted by Gasteiger charge is 2.21. The van der Waals surface area contributed by atoms with Crippen molar-refractivity contribution in [3.63, 3.8) is 0 Å². The van der Waals surface area contributed by atoms with Crippen LogP contribution in [0.5, 0.6) is 5.75 Å². The average Bonchev–Trinajstić information content (AvgIpc) is 2.44. The first-order valence-electron chi connectivity index (χ1n) is 7.20. The first kappa shape index (κ1) is 17.4. The standard InChI is InChI=1S/C16H25FN2O2/c1-10(2)8-14(16(20)18-4)19-11(3)12-6-7-15(21-5)13(17)9-12/h6-7,9-11,14,19H,8H2,1-5H3,(H,18,20). The zero-order valence-corrected chi connectivity index (χ0v) is 13.4. The van der Waals surface area contributed by atoms with Crippen LogP contribution in [0.25, 0.3) is 0 Å². The van der Waals surface area contributed by atoms with Crippen molar-refractivity contribution in [3.8, 4) is 5.75 Å². The van der Waals surface area contributed by atoms with E-state index < -0.39 is 5.82 Å². The number of hydrogen-bond donors (Lipinski definition) is 2. The lowest BCUT2D eigenvalue weighted by Crippen LogP contribution is -2.44. The van der Waals surface area contributed by atoms with Crippen molar-refractivity contribution in [1.82, 2.24) is 10.6 Å². The monoisotopic (exact) mass is 296 g/mol. The van der Waals surface area contributed by atoms with Crippen LogP contribution in [0.1, 0.15) is 38.8 Å². The zero-order valence-electron chi connectivity index (χ0n) is 13.4. The first-order chi connectivity index (χ1) is 9.88. The molecule has 21 heavy (non-hydrogen) atoms. The number of ether oxygens (including phenoxy) is 1. The summed E-state index contributed by atoms with van der Waals surface area (Å²) in [5.41, 5.74) is 0.783. The molecule has 0 radical (unpaired) electrons. The number of halogens is 1. The second kappa shape index (κ2) is 7.98. The molecule has 0 aliphatic rings. The summed E-state index contributed by atoms with van der Waals surface area (Å²) in [7, 11) is 3.05. The molecule has 0 saturated heterocycles. The van der Waals surface area contributed by atoms with E-state index in [0.717, 1.165) is 12.0 Å². The number of nitrogens with one attached hydrogen (secondary N) is 2. The molecule has 118 valence electrons. The Hall–Kier alpha value is -1.62. The van der Waals surface area contributed by atoms with Gasteiger partial charge in [0.05, 0.1) is 13.2 Å². The molecule has 0 saturated carbocycles. The number of likely N-dealkylation sites (N-methyl/N-ethyl adjacent to an activating group) is 1. The lowest BCUT2D eigenvalue weighted by molar-refractivity contribution is -0.123. The third kappa shape index (κ3) is 5.01. The second-order valence-corrected chi connectivity index (χ2v) is 5.58. The molecule has 2 N–H and O–H groups in total.